The molecule has 0 spiro atoms. The van der Waals surface area contributed by atoms with Crippen molar-refractivity contribution in [1.82, 2.24) is 14.9 Å². The van der Waals surface area contributed by atoms with Crippen LogP contribution in [0, 0.1) is 0 Å². The lowest BCUT2D eigenvalue weighted by atomic mass is 10.1. The van der Waals surface area contributed by atoms with Crippen LogP contribution in [0.3, 0.4) is 0 Å². The minimum atomic E-state index is 0.156. The first kappa shape index (κ1) is 12.9. The maximum Gasteiger partial charge on any atom is 0.180 e. The van der Waals surface area contributed by atoms with Crippen molar-refractivity contribution in [1.29, 1.82) is 0 Å². The fourth-order valence-corrected chi connectivity index (χ4v) is 2.37. The Bertz CT molecular complexity index is 674. The third-order valence-electron chi connectivity index (χ3n) is 3.32. The number of fused-ring (bicyclic) bond motifs is 1. The van der Waals surface area contributed by atoms with E-state index >= 15 is 0 Å². The number of oxazole rings is 1. The highest BCUT2D eigenvalue weighted by Crippen LogP contribution is 2.21. The van der Waals surface area contributed by atoms with E-state index in [1.807, 2.05) is 0 Å². The number of aromatic nitrogens is 2. The first-order valence-electron chi connectivity index (χ1n) is 6.64. The van der Waals surface area contributed by atoms with E-state index in [1.54, 1.807) is 6.26 Å². The predicted molar refractivity (Wildman–Crippen MR) is 76.3 cm³/mol. The van der Waals surface area contributed by atoms with Crippen molar-refractivity contribution in [3.05, 3.63) is 54.4 Å². The van der Waals surface area contributed by atoms with Crippen molar-refractivity contribution in [2.75, 3.05) is 13.2 Å². The molecular weight excluding hydrogens is 254 g/mol. The number of rotatable bonds is 6. The Morgan fingerprint density at radius 3 is 3.05 bits per heavy atom. The standard InChI is InChI=1S/C15H17N3O2/c19-7-5-16-8-12-2-1-3-15-14(12)4-6-18(15)9-13-10-20-11-17-13/h1-4,6,10-11,16,19H,5,7-9H2. The Balaban J connectivity index is 1.87. The smallest absolute Gasteiger partial charge is 0.180 e. The number of aliphatic hydroxyl groups excluding tert-OH is 1. The van der Waals surface area contributed by atoms with E-state index in [9.17, 15) is 0 Å². The van der Waals surface area contributed by atoms with Crippen LogP contribution < -0.4 is 5.32 Å². The van der Waals surface area contributed by atoms with Crippen molar-refractivity contribution in [2.24, 2.45) is 0 Å². The molecule has 104 valence electrons. The largest absolute Gasteiger partial charge is 0.451 e. The second-order valence-electron chi connectivity index (χ2n) is 4.67. The summed E-state index contributed by atoms with van der Waals surface area (Å²) in [6.45, 7) is 2.22. The van der Waals surface area contributed by atoms with Crippen molar-refractivity contribution in [3.63, 3.8) is 0 Å². The van der Waals surface area contributed by atoms with Gasteiger partial charge in [0.2, 0.25) is 0 Å². The van der Waals surface area contributed by atoms with Crippen LogP contribution in [-0.2, 0) is 13.1 Å². The zero-order valence-corrected chi connectivity index (χ0v) is 11.1. The molecule has 0 unspecified atom stereocenters. The molecule has 0 saturated heterocycles. The Kier molecular flexibility index (Phi) is 3.80. The van der Waals surface area contributed by atoms with Gasteiger partial charge in [-0.05, 0) is 17.7 Å². The van der Waals surface area contributed by atoms with E-state index in [1.165, 1.54) is 22.9 Å². The minimum absolute atomic E-state index is 0.156. The molecule has 5 nitrogen and oxygen atoms in total. The van der Waals surface area contributed by atoms with Gasteiger partial charge < -0.3 is 19.4 Å². The van der Waals surface area contributed by atoms with E-state index < -0.39 is 0 Å². The highest BCUT2D eigenvalue weighted by atomic mass is 16.3. The Labute approximate surface area is 116 Å². The van der Waals surface area contributed by atoms with Crippen LogP contribution in [0.15, 0.2) is 47.5 Å². The Hall–Kier alpha value is -2.11. The lowest BCUT2D eigenvalue weighted by Crippen LogP contribution is -2.17. The molecule has 0 aliphatic rings. The zero-order chi connectivity index (χ0) is 13.8. The molecular formula is C15H17N3O2. The SMILES string of the molecule is OCCNCc1cccc2c1ccn2Cc1cocn1. The maximum atomic E-state index is 8.82. The molecule has 1 aromatic carbocycles. The third kappa shape index (κ3) is 2.59. The molecule has 3 rings (SSSR count). The Morgan fingerprint density at radius 1 is 1.30 bits per heavy atom. The predicted octanol–water partition coefficient (Wildman–Crippen LogP) is 1.76. The molecule has 0 saturated carbocycles. The monoisotopic (exact) mass is 271 g/mol. The summed E-state index contributed by atoms with van der Waals surface area (Å²) in [4.78, 5) is 4.15. The molecule has 0 bridgehead atoms. The summed E-state index contributed by atoms with van der Waals surface area (Å²) in [7, 11) is 0. The average molecular weight is 271 g/mol. The van der Waals surface area contributed by atoms with E-state index in [4.69, 9.17) is 9.52 Å². The molecule has 3 aromatic rings. The van der Waals surface area contributed by atoms with Gasteiger partial charge in [0.25, 0.3) is 0 Å². The number of benzene rings is 1. The van der Waals surface area contributed by atoms with Crippen LogP contribution in [-0.4, -0.2) is 27.8 Å². The number of hydrogen-bond acceptors (Lipinski definition) is 4. The number of nitrogens with one attached hydrogen (secondary N) is 1. The van der Waals surface area contributed by atoms with Crippen LogP contribution in [0.5, 0.6) is 0 Å². The summed E-state index contributed by atoms with van der Waals surface area (Å²) in [6, 6.07) is 8.38. The van der Waals surface area contributed by atoms with Gasteiger partial charge in [-0.1, -0.05) is 12.1 Å². The topological polar surface area (TPSA) is 63.2 Å². The maximum absolute atomic E-state index is 8.82. The van der Waals surface area contributed by atoms with E-state index in [0.717, 1.165) is 12.2 Å². The fraction of sp³-hybridized carbons (Fsp3) is 0.267. The van der Waals surface area contributed by atoms with Gasteiger partial charge in [-0.3, -0.25) is 0 Å². The summed E-state index contributed by atoms with van der Waals surface area (Å²) in [5.41, 5.74) is 3.32. The number of nitrogens with zero attached hydrogens (tertiary/aromatic N) is 2. The molecule has 2 heterocycles. The zero-order valence-electron chi connectivity index (χ0n) is 11.1. The minimum Gasteiger partial charge on any atom is -0.451 e. The van der Waals surface area contributed by atoms with Crippen LogP contribution in [0.2, 0.25) is 0 Å². The number of hydrogen-bond donors (Lipinski definition) is 2. The van der Waals surface area contributed by atoms with Gasteiger partial charge in [0.05, 0.1) is 18.8 Å². The van der Waals surface area contributed by atoms with Crippen molar-refractivity contribution in [3.8, 4) is 0 Å². The van der Waals surface area contributed by atoms with Crippen LogP contribution >= 0.6 is 0 Å². The molecule has 2 N–H and O–H groups in total. The molecule has 0 fully saturated rings. The average Bonchev–Trinajstić information content (AvgIpc) is 3.11. The van der Waals surface area contributed by atoms with Crippen LogP contribution in [0.1, 0.15) is 11.3 Å². The van der Waals surface area contributed by atoms with Crippen molar-refractivity contribution < 1.29 is 9.52 Å². The summed E-state index contributed by atoms with van der Waals surface area (Å²) < 4.78 is 7.16. The molecule has 0 amide bonds. The molecule has 5 heteroatoms. The summed E-state index contributed by atoms with van der Waals surface area (Å²) >= 11 is 0. The fourth-order valence-electron chi connectivity index (χ4n) is 2.37. The number of aliphatic hydroxyl groups is 1. The van der Waals surface area contributed by atoms with Gasteiger partial charge in [0.15, 0.2) is 6.39 Å². The van der Waals surface area contributed by atoms with E-state index in [2.05, 4.69) is 45.3 Å². The van der Waals surface area contributed by atoms with Crippen LogP contribution in [0.4, 0.5) is 0 Å². The molecule has 2 aromatic heterocycles. The molecule has 0 radical (unpaired) electrons. The van der Waals surface area contributed by atoms with E-state index in [-0.39, 0.29) is 6.61 Å². The summed E-state index contributed by atoms with van der Waals surface area (Å²) in [5.74, 6) is 0. The molecule has 0 aliphatic carbocycles. The summed E-state index contributed by atoms with van der Waals surface area (Å²) in [6.07, 6.45) is 5.18. The second kappa shape index (κ2) is 5.90. The normalized spacial score (nSPS) is 11.2. The lowest BCUT2D eigenvalue weighted by Gasteiger charge is -2.07. The van der Waals surface area contributed by atoms with Gasteiger partial charge in [-0.25, -0.2) is 4.98 Å². The quantitative estimate of drug-likeness (QED) is 0.671. The second-order valence-corrected chi connectivity index (χ2v) is 4.67. The highest BCUT2D eigenvalue weighted by Gasteiger charge is 2.06. The summed E-state index contributed by atoms with van der Waals surface area (Å²) in [5, 5.41) is 13.3. The van der Waals surface area contributed by atoms with Gasteiger partial charge in [-0.2, -0.15) is 0 Å². The van der Waals surface area contributed by atoms with Gasteiger partial charge in [-0.15, -0.1) is 0 Å². The lowest BCUT2D eigenvalue weighted by molar-refractivity contribution is 0.292. The van der Waals surface area contributed by atoms with Gasteiger partial charge in [0.1, 0.15) is 6.26 Å². The molecule has 0 atom stereocenters. The Morgan fingerprint density at radius 2 is 2.25 bits per heavy atom. The van der Waals surface area contributed by atoms with Crippen molar-refractivity contribution in [2.45, 2.75) is 13.1 Å². The van der Waals surface area contributed by atoms with Crippen LogP contribution in [0.25, 0.3) is 10.9 Å². The van der Waals surface area contributed by atoms with Crippen molar-refractivity contribution >= 4 is 10.9 Å². The van der Waals surface area contributed by atoms with Gasteiger partial charge >= 0.3 is 0 Å². The molecule has 20 heavy (non-hydrogen) atoms. The third-order valence-corrected chi connectivity index (χ3v) is 3.32. The highest BCUT2D eigenvalue weighted by molar-refractivity contribution is 5.83. The first-order chi connectivity index (χ1) is 9.88. The van der Waals surface area contributed by atoms with E-state index in [0.29, 0.717) is 13.1 Å². The first-order valence-corrected chi connectivity index (χ1v) is 6.64. The molecule has 0 aliphatic heterocycles. The van der Waals surface area contributed by atoms with Gasteiger partial charge in [0, 0.05) is 30.2 Å².